The number of aromatic nitrogens is 3. The number of ether oxygens (including phenoxy) is 1. The molecule has 1 N–H and O–H groups in total. The monoisotopic (exact) mass is 449 g/mol. The van der Waals surface area contributed by atoms with Crippen molar-refractivity contribution in [3.8, 4) is 11.8 Å². The molecule has 1 atom stereocenters. The topological polar surface area (TPSA) is 92.8 Å². The molecule has 0 spiro atoms. The van der Waals surface area contributed by atoms with Gasteiger partial charge >= 0.3 is 0 Å². The van der Waals surface area contributed by atoms with Crippen molar-refractivity contribution in [2.75, 3.05) is 5.32 Å². The third-order valence-corrected chi connectivity index (χ3v) is 5.87. The van der Waals surface area contributed by atoms with Gasteiger partial charge in [0.2, 0.25) is 5.91 Å². The first kappa shape index (κ1) is 23.4. The van der Waals surface area contributed by atoms with Crippen LogP contribution in [-0.2, 0) is 17.9 Å². The Morgan fingerprint density at radius 2 is 1.84 bits per heavy atom. The van der Waals surface area contributed by atoms with Crippen molar-refractivity contribution in [3.63, 3.8) is 0 Å². The van der Waals surface area contributed by atoms with E-state index >= 15 is 0 Å². The number of nitrogens with zero attached hydrogens (tertiary/aromatic N) is 4. The van der Waals surface area contributed by atoms with Crippen LogP contribution < -0.4 is 10.1 Å². The van der Waals surface area contributed by atoms with E-state index in [0.29, 0.717) is 28.9 Å². The third kappa shape index (κ3) is 6.34. The molecule has 1 amide bonds. The number of hydrogen-bond acceptors (Lipinski definition) is 6. The van der Waals surface area contributed by atoms with E-state index in [0.717, 1.165) is 24.5 Å². The van der Waals surface area contributed by atoms with E-state index in [1.165, 1.54) is 11.8 Å². The molecule has 2 aromatic carbocycles. The number of anilines is 1. The second-order valence-corrected chi connectivity index (χ2v) is 9.05. The van der Waals surface area contributed by atoms with E-state index < -0.39 is 5.25 Å². The Morgan fingerprint density at radius 1 is 1.12 bits per heavy atom. The molecule has 1 aromatic heterocycles. The molecule has 8 heteroatoms. The molecule has 0 aliphatic heterocycles. The van der Waals surface area contributed by atoms with Gasteiger partial charge in [0, 0.05) is 6.54 Å². The van der Waals surface area contributed by atoms with Crippen molar-refractivity contribution in [2.24, 2.45) is 5.92 Å². The molecule has 3 aromatic rings. The van der Waals surface area contributed by atoms with Gasteiger partial charge in [-0.25, -0.2) is 0 Å². The quantitative estimate of drug-likeness (QED) is 0.443. The molecule has 0 saturated heterocycles. The van der Waals surface area contributed by atoms with Crippen molar-refractivity contribution in [1.82, 2.24) is 14.8 Å². The summed E-state index contributed by atoms with van der Waals surface area (Å²) in [6.45, 7) is 7.19. The largest absolute Gasteiger partial charge is 0.486 e. The Morgan fingerprint density at radius 3 is 2.56 bits per heavy atom. The number of carbonyl (C=O) groups excluding carboxylic acids is 1. The molecule has 7 nitrogen and oxygen atoms in total. The normalized spacial score (nSPS) is 11.7. The summed E-state index contributed by atoms with van der Waals surface area (Å²) in [6, 6.07) is 18.6. The minimum atomic E-state index is -0.424. The predicted octanol–water partition coefficient (Wildman–Crippen LogP) is 4.89. The average Bonchev–Trinajstić information content (AvgIpc) is 3.18. The summed E-state index contributed by atoms with van der Waals surface area (Å²) in [7, 11) is 0. The SMILES string of the molecule is CC(C)CCn1c(COc2ccccc2)nnc1SC(C)C(=O)Nc1ccccc1C#N. The average molecular weight is 450 g/mol. The van der Waals surface area contributed by atoms with E-state index in [2.05, 4.69) is 35.4 Å². The number of carbonyl (C=O) groups is 1. The molecule has 0 saturated carbocycles. The number of hydrogen-bond donors (Lipinski definition) is 1. The summed E-state index contributed by atoms with van der Waals surface area (Å²) in [4.78, 5) is 12.8. The maximum atomic E-state index is 12.8. The highest BCUT2D eigenvalue weighted by Gasteiger charge is 2.21. The highest BCUT2D eigenvalue weighted by Crippen LogP contribution is 2.25. The zero-order chi connectivity index (χ0) is 22.9. The molecule has 3 rings (SSSR count). The number of rotatable bonds is 10. The molecule has 0 fully saturated rings. The van der Waals surface area contributed by atoms with Crippen LogP contribution in [0.5, 0.6) is 5.75 Å². The van der Waals surface area contributed by atoms with Crippen LogP contribution in [-0.4, -0.2) is 25.9 Å². The fraction of sp³-hybridized carbons (Fsp3) is 0.333. The van der Waals surface area contributed by atoms with Crippen LogP contribution in [0, 0.1) is 17.2 Å². The highest BCUT2D eigenvalue weighted by molar-refractivity contribution is 8.00. The van der Waals surface area contributed by atoms with Crippen molar-refractivity contribution >= 4 is 23.4 Å². The van der Waals surface area contributed by atoms with Gasteiger partial charge in [-0.05, 0) is 43.5 Å². The Hall–Kier alpha value is -3.31. The second kappa shape index (κ2) is 11.3. The first-order chi connectivity index (χ1) is 15.5. The lowest BCUT2D eigenvalue weighted by Gasteiger charge is -2.15. The number of amides is 1. The highest BCUT2D eigenvalue weighted by atomic mass is 32.2. The molecule has 1 unspecified atom stereocenters. The molecule has 0 aliphatic carbocycles. The van der Waals surface area contributed by atoms with Crippen molar-refractivity contribution < 1.29 is 9.53 Å². The summed E-state index contributed by atoms with van der Waals surface area (Å²) in [6.07, 6.45) is 0.958. The lowest BCUT2D eigenvalue weighted by molar-refractivity contribution is -0.115. The van der Waals surface area contributed by atoms with Gasteiger partial charge in [-0.15, -0.1) is 10.2 Å². The maximum Gasteiger partial charge on any atom is 0.237 e. The Labute approximate surface area is 192 Å². The molecular formula is C24H27N5O2S. The van der Waals surface area contributed by atoms with E-state index in [1.807, 2.05) is 41.8 Å². The van der Waals surface area contributed by atoms with Crippen LogP contribution in [0.3, 0.4) is 0 Å². The summed E-state index contributed by atoms with van der Waals surface area (Å²) in [5, 5.41) is 21.0. The van der Waals surface area contributed by atoms with Gasteiger partial charge in [0.15, 0.2) is 11.0 Å². The Balaban J connectivity index is 1.71. The van der Waals surface area contributed by atoms with Gasteiger partial charge in [0.05, 0.1) is 16.5 Å². The predicted molar refractivity (Wildman–Crippen MR) is 125 cm³/mol. The lowest BCUT2D eigenvalue weighted by Crippen LogP contribution is -2.23. The van der Waals surface area contributed by atoms with Crippen LogP contribution >= 0.6 is 11.8 Å². The number of para-hydroxylation sites is 2. The molecule has 1 heterocycles. The van der Waals surface area contributed by atoms with E-state index in [9.17, 15) is 10.1 Å². The lowest BCUT2D eigenvalue weighted by atomic mass is 10.1. The van der Waals surface area contributed by atoms with Gasteiger partial charge in [0.1, 0.15) is 18.4 Å². The number of benzene rings is 2. The molecule has 0 bridgehead atoms. The number of nitrogens with one attached hydrogen (secondary N) is 1. The molecular weight excluding hydrogens is 422 g/mol. The Bertz CT molecular complexity index is 1080. The zero-order valence-corrected chi connectivity index (χ0v) is 19.3. The van der Waals surface area contributed by atoms with Crippen molar-refractivity contribution in [2.45, 2.75) is 50.8 Å². The minimum Gasteiger partial charge on any atom is -0.486 e. The number of nitriles is 1. The summed E-state index contributed by atoms with van der Waals surface area (Å²) in [5.74, 6) is 1.81. The van der Waals surface area contributed by atoms with Gasteiger partial charge in [-0.1, -0.05) is 55.9 Å². The Kier molecular flexibility index (Phi) is 8.28. The summed E-state index contributed by atoms with van der Waals surface area (Å²) >= 11 is 1.34. The van der Waals surface area contributed by atoms with Gasteiger partial charge in [-0.3, -0.25) is 4.79 Å². The number of thioether (sulfide) groups is 1. The van der Waals surface area contributed by atoms with Crippen LogP contribution in [0.15, 0.2) is 59.8 Å². The van der Waals surface area contributed by atoms with Crippen LogP contribution in [0.2, 0.25) is 0 Å². The maximum absolute atomic E-state index is 12.8. The van der Waals surface area contributed by atoms with Gasteiger partial charge < -0.3 is 14.6 Å². The standard InChI is InChI=1S/C24H27N5O2S/c1-17(2)13-14-29-22(16-31-20-10-5-4-6-11-20)27-28-24(29)32-18(3)23(30)26-21-12-8-7-9-19(21)15-25/h4-12,17-18H,13-14,16H2,1-3H3,(H,26,30). The molecule has 32 heavy (non-hydrogen) atoms. The van der Waals surface area contributed by atoms with E-state index in [4.69, 9.17) is 4.74 Å². The zero-order valence-electron chi connectivity index (χ0n) is 18.5. The van der Waals surface area contributed by atoms with Crippen LogP contribution in [0.4, 0.5) is 5.69 Å². The fourth-order valence-electron chi connectivity index (χ4n) is 2.93. The van der Waals surface area contributed by atoms with Crippen molar-refractivity contribution in [3.05, 3.63) is 66.0 Å². The van der Waals surface area contributed by atoms with E-state index in [-0.39, 0.29) is 5.91 Å². The van der Waals surface area contributed by atoms with Gasteiger partial charge in [-0.2, -0.15) is 5.26 Å². The fourth-order valence-corrected chi connectivity index (χ4v) is 3.82. The van der Waals surface area contributed by atoms with Crippen LogP contribution in [0.1, 0.15) is 38.6 Å². The van der Waals surface area contributed by atoms with Crippen LogP contribution in [0.25, 0.3) is 0 Å². The minimum absolute atomic E-state index is 0.196. The third-order valence-electron chi connectivity index (χ3n) is 4.79. The molecule has 0 aliphatic rings. The first-order valence-electron chi connectivity index (χ1n) is 10.5. The van der Waals surface area contributed by atoms with Crippen molar-refractivity contribution in [1.29, 1.82) is 5.26 Å². The summed E-state index contributed by atoms with van der Waals surface area (Å²) in [5.41, 5.74) is 0.934. The first-order valence-corrected chi connectivity index (χ1v) is 11.4. The molecule has 166 valence electrons. The molecule has 0 radical (unpaired) electrons. The van der Waals surface area contributed by atoms with Gasteiger partial charge in [0.25, 0.3) is 0 Å². The van der Waals surface area contributed by atoms with E-state index in [1.54, 1.807) is 24.3 Å². The smallest absolute Gasteiger partial charge is 0.237 e. The summed E-state index contributed by atoms with van der Waals surface area (Å²) < 4.78 is 7.90. The second-order valence-electron chi connectivity index (χ2n) is 7.74.